The normalized spacial score (nSPS) is 19.7. The van der Waals surface area contributed by atoms with E-state index in [2.05, 4.69) is 29.7 Å². The molecule has 1 N–H and O–H groups in total. The fraction of sp³-hybridized carbons (Fsp3) is 0.800. The molecule has 0 spiro atoms. The molecule has 1 heterocycles. The molecule has 0 aromatic carbocycles. The van der Waals surface area contributed by atoms with Gasteiger partial charge < -0.3 is 5.11 Å². The van der Waals surface area contributed by atoms with Crippen molar-refractivity contribution in [1.82, 2.24) is 9.78 Å². The summed E-state index contributed by atoms with van der Waals surface area (Å²) in [6, 6.07) is 2.17. The van der Waals surface area contributed by atoms with Gasteiger partial charge in [0.2, 0.25) is 0 Å². The maximum atomic E-state index is 10.8. The van der Waals surface area contributed by atoms with Crippen molar-refractivity contribution in [3.63, 3.8) is 0 Å². The Hall–Kier alpha value is -0.830. The number of rotatable bonds is 4. The standard InChI is InChI=1S/C15H26N2O/c1-3-13-11-14(17(4-2)16-13)12-15(18)9-7-5-6-8-10-15/h11,18H,3-10,12H2,1-2H3. The minimum atomic E-state index is -0.492. The molecule has 1 aromatic rings. The molecular formula is C15H26N2O. The summed E-state index contributed by atoms with van der Waals surface area (Å²) in [4.78, 5) is 0. The Balaban J connectivity index is 2.13. The maximum absolute atomic E-state index is 10.8. The molecule has 0 unspecified atom stereocenters. The number of aliphatic hydroxyl groups is 1. The van der Waals surface area contributed by atoms with E-state index in [-0.39, 0.29) is 0 Å². The summed E-state index contributed by atoms with van der Waals surface area (Å²) in [5.41, 5.74) is 1.86. The molecule has 1 saturated carbocycles. The lowest BCUT2D eigenvalue weighted by Crippen LogP contribution is -2.31. The van der Waals surface area contributed by atoms with Crippen molar-refractivity contribution in [2.75, 3.05) is 0 Å². The smallest absolute Gasteiger partial charge is 0.0702 e. The topological polar surface area (TPSA) is 38.0 Å². The minimum absolute atomic E-state index is 0.492. The third-order valence-corrected chi connectivity index (χ3v) is 4.12. The summed E-state index contributed by atoms with van der Waals surface area (Å²) >= 11 is 0. The summed E-state index contributed by atoms with van der Waals surface area (Å²) < 4.78 is 2.06. The summed E-state index contributed by atoms with van der Waals surface area (Å²) in [6.07, 6.45) is 8.51. The third kappa shape index (κ3) is 3.14. The first-order valence-corrected chi connectivity index (χ1v) is 7.45. The number of hydrogen-bond donors (Lipinski definition) is 1. The van der Waals surface area contributed by atoms with Crippen LogP contribution >= 0.6 is 0 Å². The number of hydrogen-bond acceptors (Lipinski definition) is 2. The van der Waals surface area contributed by atoms with Gasteiger partial charge in [-0.15, -0.1) is 0 Å². The van der Waals surface area contributed by atoms with E-state index in [1.54, 1.807) is 0 Å². The predicted molar refractivity (Wildman–Crippen MR) is 73.6 cm³/mol. The Morgan fingerprint density at radius 3 is 2.44 bits per heavy atom. The quantitative estimate of drug-likeness (QED) is 0.834. The van der Waals surface area contributed by atoms with Crippen LogP contribution < -0.4 is 0 Å². The van der Waals surface area contributed by atoms with Gasteiger partial charge in [-0.05, 0) is 32.3 Å². The van der Waals surface area contributed by atoms with Crippen molar-refractivity contribution in [3.05, 3.63) is 17.5 Å². The SMILES string of the molecule is CCc1cc(CC2(O)CCCCCC2)n(CC)n1. The van der Waals surface area contributed by atoms with Gasteiger partial charge in [0.05, 0.1) is 11.3 Å². The summed E-state index contributed by atoms with van der Waals surface area (Å²) in [5.74, 6) is 0. The first-order chi connectivity index (χ1) is 8.67. The second-order valence-electron chi connectivity index (χ2n) is 5.61. The van der Waals surface area contributed by atoms with Gasteiger partial charge in [-0.3, -0.25) is 4.68 Å². The number of nitrogens with zero attached hydrogens (tertiary/aromatic N) is 2. The average Bonchev–Trinajstić information content (AvgIpc) is 2.62. The molecule has 0 bridgehead atoms. The predicted octanol–water partition coefficient (Wildman–Crippen LogP) is 3.09. The van der Waals surface area contributed by atoms with E-state index in [0.717, 1.165) is 50.8 Å². The lowest BCUT2D eigenvalue weighted by Gasteiger charge is -2.26. The molecule has 102 valence electrons. The van der Waals surface area contributed by atoms with E-state index in [1.807, 2.05) is 0 Å². The van der Waals surface area contributed by atoms with Crippen LogP contribution in [0.3, 0.4) is 0 Å². The molecule has 0 radical (unpaired) electrons. The molecule has 1 aliphatic carbocycles. The molecule has 0 aliphatic heterocycles. The number of aryl methyl sites for hydroxylation is 2. The highest BCUT2D eigenvalue weighted by molar-refractivity contribution is 5.13. The van der Waals surface area contributed by atoms with Crippen LogP contribution in [0.1, 0.15) is 63.8 Å². The third-order valence-electron chi connectivity index (χ3n) is 4.12. The molecule has 3 heteroatoms. The monoisotopic (exact) mass is 250 g/mol. The molecule has 2 rings (SSSR count). The lowest BCUT2D eigenvalue weighted by atomic mass is 9.89. The van der Waals surface area contributed by atoms with Crippen LogP contribution in [0.2, 0.25) is 0 Å². The van der Waals surface area contributed by atoms with Gasteiger partial charge in [-0.25, -0.2) is 0 Å². The Bertz CT molecular complexity index is 376. The fourth-order valence-electron chi connectivity index (χ4n) is 3.00. The van der Waals surface area contributed by atoms with Crippen LogP contribution in [0.4, 0.5) is 0 Å². The summed E-state index contributed by atoms with van der Waals surface area (Å²) in [5, 5.41) is 15.3. The number of aromatic nitrogens is 2. The summed E-state index contributed by atoms with van der Waals surface area (Å²) in [6.45, 7) is 5.14. The molecule has 0 amide bonds. The highest BCUT2D eigenvalue weighted by Crippen LogP contribution is 2.30. The van der Waals surface area contributed by atoms with Crippen molar-refractivity contribution in [2.45, 2.75) is 77.4 Å². The molecule has 1 fully saturated rings. The van der Waals surface area contributed by atoms with Crippen molar-refractivity contribution >= 4 is 0 Å². The van der Waals surface area contributed by atoms with Gasteiger partial charge in [0, 0.05) is 18.7 Å². The Labute approximate surface area is 110 Å². The zero-order valence-electron chi connectivity index (χ0n) is 11.8. The average molecular weight is 250 g/mol. The highest BCUT2D eigenvalue weighted by atomic mass is 16.3. The Kier molecular flexibility index (Phi) is 4.44. The zero-order valence-corrected chi connectivity index (χ0v) is 11.8. The molecule has 0 atom stereocenters. The van der Waals surface area contributed by atoms with E-state index in [4.69, 9.17) is 0 Å². The van der Waals surface area contributed by atoms with E-state index in [9.17, 15) is 5.11 Å². The van der Waals surface area contributed by atoms with Crippen molar-refractivity contribution in [2.24, 2.45) is 0 Å². The van der Waals surface area contributed by atoms with Gasteiger partial charge in [0.1, 0.15) is 0 Å². The second kappa shape index (κ2) is 5.87. The molecule has 18 heavy (non-hydrogen) atoms. The van der Waals surface area contributed by atoms with Crippen LogP contribution in [-0.4, -0.2) is 20.5 Å². The van der Waals surface area contributed by atoms with Gasteiger partial charge in [-0.2, -0.15) is 5.10 Å². The van der Waals surface area contributed by atoms with Gasteiger partial charge in [0.15, 0.2) is 0 Å². The largest absolute Gasteiger partial charge is 0.389 e. The Morgan fingerprint density at radius 2 is 1.89 bits per heavy atom. The van der Waals surface area contributed by atoms with Crippen molar-refractivity contribution < 1.29 is 5.11 Å². The van der Waals surface area contributed by atoms with Crippen LogP contribution in [0.15, 0.2) is 6.07 Å². The lowest BCUT2D eigenvalue weighted by molar-refractivity contribution is 0.0233. The molecular weight excluding hydrogens is 224 g/mol. The van der Waals surface area contributed by atoms with E-state index in [0.29, 0.717) is 0 Å². The van der Waals surface area contributed by atoms with Crippen LogP contribution in [0.5, 0.6) is 0 Å². The van der Waals surface area contributed by atoms with Gasteiger partial charge >= 0.3 is 0 Å². The molecule has 3 nitrogen and oxygen atoms in total. The first-order valence-electron chi connectivity index (χ1n) is 7.45. The highest BCUT2D eigenvalue weighted by Gasteiger charge is 2.29. The molecule has 1 aliphatic rings. The van der Waals surface area contributed by atoms with E-state index < -0.39 is 5.60 Å². The minimum Gasteiger partial charge on any atom is -0.389 e. The van der Waals surface area contributed by atoms with Crippen molar-refractivity contribution in [1.29, 1.82) is 0 Å². The van der Waals surface area contributed by atoms with Gasteiger partial charge in [-0.1, -0.05) is 32.6 Å². The second-order valence-corrected chi connectivity index (χ2v) is 5.61. The van der Waals surface area contributed by atoms with Gasteiger partial charge in [0.25, 0.3) is 0 Å². The van der Waals surface area contributed by atoms with E-state index >= 15 is 0 Å². The molecule has 1 aromatic heterocycles. The van der Waals surface area contributed by atoms with Crippen molar-refractivity contribution in [3.8, 4) is 0 Å². The maximum Gasteiger partial charge on any atom is 0.0702 e. The van der Waals surface area contributed by atoms with Crippen LogP contribution in [0.25, 0.3) is 0 Å². The van der Waals surface area contributed by atoms with Crippen LogP contribution in [-0.2, 0) is 19.4 Å². The van der Waals surface area contributed by atoms with E-state index in [1.165, 1.54) is 18.5 Å². The zero-order chi connectivity index (χ0) is 13.0. The van der Waals surface area contributed by atoms with Crippen LogP contribution in [0, 0.1) is 0 Å². The first kappa shape index (κ1) is 13.6. The Morgan fingerprint density at radius 1 is 1.22 bits per heavy atom. The summed E-state index contributed by atoms with van der Waals surface area (Å²) in [7, 11) is 0. The molecule has 0 saturated heterocycles. The fourth-order valence-corrected chi connectivity index (χ4v) is 3.00.